The minimum Gasteiger partial charge on any atom is -0.384 e. The molecule has 0 aliphatic carbocycles. The summed E-state index contributed by atoms with van der Waals surface area (Å²) in [7, 11) is 5.49. The second-order valence-electron chi connectivity index (χ2n) is 5.51. The van der Waals surface area contributed by atoms with Crippen LogP contribution < -0.4 is 0 Å². The molecule has 1 unspecified atom stereocenters. The number of carbonyl (C=O) groups is 1. The third kappa shape index (κ3) is 2.35. The van der Waals surface area contributed by atoms with Crippen LogP contribution in [0.25, 0.3) is 0 Å². The summed E-state index contributed by atoms with van der Waals surface area (Å²) in [5.41, 5.74) is 2.98. The summed E-state index contributed by atoms with van der Waals surface area (Å²) in [5.74, 6) is 0.229. The molecule has 21 heavy (non-hydrogen) atoms. The van der Waals surface area contributed by atoms with Crippen molar-refractivity contribution in [3.63, 3.8) is 0 Å². The van der Waals surface area contributed by atoms with Crippen LogP contribution in [0.5, 0.6) is 0 Å². The first-order chi connectivity index (χ1) is 10.1. The summed E-state index contributed by atoms with van der Waals surface area (Å²) in [4.78, 5) is 14.6. The standard InChI is InChI=1S/C15H20N4O2/c1-17-6-4-5-13(17)15(20)19-8-11(10-21-3)12-7-16-18(2)14(12)9-19/h4-7,11H,8-10H2,1-3H3. The van der Waals surface area contributed by atoms with Gasteiger partial charge in [0.15, 0.2) is 0 Å². The fourth-order valence-electron chi connectivity index (χ4n) is 2.97. The Labute approximate surface area is 123 Å². The molecule has 1 aliphatic heterocycles. The van der Waals surface area contributed by atoms with Gasteiger partial charge in [-0.2, -0.15) is 5.10 Å². The minimum atomic E-state index is 0.0513. The van der Waals surface area contributed by atoms with E-state index >= 15 is 0 Å². The van der Waals surface area contributed by atoms with Crippen LogP contribution in [0.4, 0.5) is 0 Å². The molecule has 1 atom stereocenters. The Kier molecular flexibility index (Phi) is 3.55. The largest absolute Gasteiger partial charge is 0.384 e. The molecule has 0 bridgehead atoms. The third-order valence-corrected chi connectivity index (χ3v) is 4.13. The average Bonchev–Trinajstić information content (AvgIpc) is 3.05. The lowest BCUT2D eigenvalue weighted by Crippen LogP contribution is -2.40. The van der Waals surface area contributed by atoms with Crippen molar-refractivity contribution in [2.45, 2.75) is 12.5 Å². The molecule has 0 fully saturated rings. The maximum Gasteiger partial charge on any atom is 0.270 e. The normalized spacial score (nSPS) is 17.9. The van der Waals surface area contributed by atoms with Gasteiger partial charge in [0, 0.05) is 45.4 Å². The number of hydrogen-bond acceptors (Lipinski definition) is 3. The second kappa shape index (κ2) is 5.37. The summed E-state index contributed by atoms with van der Waals surface area (Å²) in [6.45, 7) is 1.85. The minimum absolute atomic E-state index is 0.0513. The van der Waals surface area contributed by atoms with E-state index in [1.165, 1.54) is 5.56 Å². The highest BCUT2D eigenvalue weighted by molar-refractivity contribution is 5.92. The Bertz CT molecular complexity index is 658. The van der Waals surface area contributed by atoms with Crippen molar-refractivity contribution in [3.05, 3.63) is 41.5 Å². The van der Waals surface area contributed by atoms with Gasteiger partial charge in [0.1, 0.15) is 5.69 Å². The van der Waals surface area contributed by atoms with Gasteiger partial charge >= 0.3 is 0 Å². The van der Waals surface area contributed by atoms with E-state index < -0.39 is 0 Å². The molecule has 6 heteroatoms. The summed E-state index contributed by atoms with van der Waals surface area (Å²) in [6, 6.07) is 3.74. The molecule has 2 aromatic rings. The quantitative estimate of drug-likeness (QED) is 0.851. The number of nitrogens with zero attached hydrogens (tertiary/aromatic N) is 4. The van der Waals surface area contributed by atoms with Gasteiger partial charge in [0.25, 0.3) is 5.91 Å². The third-order valence-electron chi connectivity index (χ3n) is 4.13. The van der Waals surface area contributed by atoms with Gasteiger partial charge in [-0.05, 0) is 12.1 Å². The predicted molar refractivity (Wildman–Crippen MR) is 78.0 cm³/mol. The van der Waals surface area contributed by atoms with E-state index in [0.717, 1.165) is 5.69 Å². The van der Waals surface area contributed by atoms with E-state index in [2.05, 4.69) is 5.10 Å². The van der Waals surface area contributed by atoms with Crippen LogP contribution in [-0.4, -0.2) is 45.4 Å². The molecular formula is C15H20N4O2. The summed E-state index contributed by atoms with van der Waals surface area (Å²) in [5, 5.41) is 4.32. The second-order valence-corrected chi connectivity index (χ2v) is 5.51. The highest BCUT2D eigenvalue weighted by Crippen LogP contribution is 2.29. The Balaban J connectivity index is 1.91. The first kappa shape index (κ1) is 13.9. The zero-order valence-corrected chi connectivity index (χ0v) is 12.6. The highest BCUT2D eigenvalue weighted by atomic mass is 16.5. The molecule has 3 heterocycles. The first-order valence-electron chi connectivity index (χ1n) is 7.02. The number of carbonyl (C=O) groups excluding carboxylic acids is 1. The number of methoxy groups -OCH3 is 1. The molecule has 3 rings (SSSR count). The summed E-state index contributed by atoms with van der Waals surface area (Å²) in [6.07, 6.45) is 3.78. The van der Waals surface area contributed by atoms with Gasteiger partial charge in [-0.15, -0.1) is 0 Å². The van der Waals surface area contributed by atoms with E-state index in [9.17, 15) is 4.79 Å². The van der Waals surface area contributed by atoms with Gasteiger partial charge in [0.05, 0.1) is 25.0 Å². The van der Waals surface area contributed by atoms with E-state index in [1.807, 2.05) is 52.8 Å². The molecular weight excluding hydrogens is 268 g/mol. The summed E-state index contributed by atoms with van der Waals surface area (Å²) >= 11 is 0. The van der Waals surface area contributed by atoms with Crippen molar-refractivity contribution in [2.24, 2.45) is 14.1 Å². The van der Waals surface area contributed by atoms with Gasteiger partial charge in [0.2, 0.25) is 0 Å². The van der Waals surface area contributed by atoms with Crippen LogP contribution in [0.15, 0.2) is 24.5 Å². The van der Waals surface area contributed by atoms with E-state index in [4.69, 9.17) is 4.74 Å². The molecule has 0 spiro atoms. The van der Waals surface area contributed by atoms with Crippen LogP contribution in [-0.2, 0) is 25.4 Å². The zero-order valence-electron chi connectivity index (χ0n) is 12.6. The van der Waals surface area contributed by atoms with Crippen molar-refractivity contribution in [2.75, 3.05) is 20.3 Å². The SMILES string of the molecule is COCC1CN(C(=O)c2cccn2C)Cc2c1cnn2C. The number of rotatable bonds is 3. The molecule has 0 radical (unpaired) electrons. The van der Waals surface area contributed by atoms with Crippen LogP contribution >= 0.6 is 0 Å². The van der Waals surface area contributed by atoms with Gasteiger partial charge < -0.3 is 14.2 Å². The van der Waals surface area contributed by atoms with Crippen molar-refractivity contribution in [1.82, 2.24) is 19.2 Å². The van der Waals surface area contributed by atoms with Gasteiger partial charge in [-0.1, -0.05) is 0 Å². The van der Waals surface area contributed by atoms with E-state index in [0.29, 0.717) is 25.4 Å². The Morgan fingerprint density at radius 1 is 1.48 bits per heavy atom. The van der Waals surface area contributed by atoms with E-state index in [-0.39, 0.29) is 11.8 Å². The molecule has 0 saturated heterocycles. The number of aromatic nitrogens is 3. The molecule has 1 aliphatic rings. The van der Waals surface area contributed by atoms with Crippen molar-refractivity contribution < 1.29 is 9.53 Å². The number of amides is 1. The van der Waals surface area contributed by atoms with Crippen molar-refractivity contribution in [1.29, 1.82) is 0 Å². The number of ether oxygens (including phenoxy) is 1. The molecule has 2 aromatic heterocycles. The molecule has 0 aromatic carbocycles. The fraction of sp³-hybridized carbons (Fsp3) is 0.467. The van der Waals surface area contributed by atoms with Crippen LogP contribution in [0, 0.1) is 0 Å². The number of aryl methyl sites for hydroxylation is 2. The Hall–Kier alpha value is -2.08. The van der Waals surface area contributed by atoms with Crippen LogP contribution in [0.2, 0.25) is 0 Å². The lowest BCUT2D eigenvalue weighted by atomic mass is 9.95. The first-order valence-corrected chi connectivity index (χ1v) is 7.02. The Morgan fingerprint density at radius 3 is 2.95 bits per heavy atom. The van der Waals surface area contributed by atoms with Crippen molar-refractivity contribution in [3.8, 4) is 0 Å². The fourth-order valence-corrected chi connectivity index (χ4v) is 2.97. The van der Waals surface area contributed by atoms with Crippen LogP contribution in [0.3, 0.4) is 0 Å². The van der Waals surface area contributed by atoms with E-state index in [1.54, 1.807) is 7.11 Å². The number of hydrogen-bond donors (Lipinski definition) is 0. The lowest BCUT2D eigenvalue weighted by molar-refractivity contribution is 0.0666. The predicted octanol–water partition coefficient (Wildman–Crippen LogP) is 1.14. The monoisotopic (exact) mass is 288 g/mol. The smallest absolute Gasteiger partial charge is 0.270 e. The van der Waals surface area contributed by atoms with Gasteiger partial charge in [-0.25, -0.2) is 0 Å². The highest BCUT2D eigenvalue weighted by Gasteiger charge is 2.31. The lowest BCUT2D eigenvalue weighted by Gasteiger charge is -2.32. The Morgan fingerprint density at radius 2 is 2.29 bits per heavy atom. The molecule has 1 amide bonds. The molecule has 0 saturated carbocycles. The number of fused-ring (bicyclic) bond motifs is 1. The van der Waals surface area contributed by atoms with Gasteiger partial charge in [-0.3, -0.25) is 9.48 Å². The molecule has 112 valence electrons. The topological polar surface area (TPSA) is 52.3 Å². The zero-order chi connectivity index (χ0) is 15.0. The molecule has 6 nitrogen and oxygen atoms in total. The maximum absolute atomic E-state index is 12.7. The van der Waals surface area contributed by atoms with Crippen molar-refractivity contribution >= 4 is 5.91 Å². The average molecular weight is 288 g/mol. The molecule has 0 N–H and O–H groups in total. The maximum atomic E-state index is 12.7. The summed E-state index contributed by atoms with van der Waals surface area (Å²) < 4.78 is 9.01. The van der Waals surface area contributed by atoms with Crippen LogP contribution in [0.1, 0.15) is 27.7 Å².